The van der Waals surface area contributed by atoms with E-state index >= 15 is 0 Å². The van der Waals surface area contributed by atoms with E-state index < -0.39 is 5.67 Å². The van der Waals surface area contributed by atoms with Crippen molar-refractivity contribution in [2.45, 2.75) is 57.5 Å². The van der Waals surface area contributed by atoms with Crippen molar-refractivity contribution in [1.29, 1.82) is 0 Å². The maximum absolute atomic E-state index is 14.9. The van der Waals surface area contributed by atoms with E-state index in [1.807, 2.05) is 0 Å². The molecule has 1 rings (SSSR count). The molecule has 1 aliphatic rings. The Labute approximate surface area is 105 Å². The number of nitrogens with two attached hydrogens (primary N) is 1. The molecule has 0 aliphatic heterocycles. The van der Waals surface area contributed by atoms with E-state index in [-0.39, 0.29) is 12.5 Å². The van der Waals surface area contributed by atoms with Gasteiger partial charge in [0.25, 0.3) is 0 Å². The van der Waals surface area contributed by atoms with Gasteiger partial charge in [0.05, 0.1) is 6.61 Å². The summed E-state index contributed by atoms with van der Waals surface area (Å²) in [5, 5.41) is 0. The monoisotopic (exact) mass is 245 g/mol. The normalized spacial score (nSPS) is 28.9. The molecule has 0 aromatic rings. The minimum absolute atomic E-state index is 0.178. The second-order valence-electron chi connectivity index (χ2n) is 5.49. The van der Waals surface area contributed by atoms with E-state index in [1.54, 1.807) is 7.11 Å². The Morgan fingerprint density at radius 2 is 1.94 bits per heavy atom. The fourth-order valence-electron chi connectivity index (χ4n) is 3.12. The summed E-state index contributed by atoms with van der Waals surface area (Å²) in [6.45, 7) is 3.03. The highest BCUT2D eigenvalue weighted by Gasteiger charge is 2.40. The Hall–Kier alpha value is -0.150. The zero-order valence-corrected chi connectivity index (χ0v) is 11.4. The fraction of sp³-hybridized carbons (Fsp3) is 1.00. The van der Waals surface area contributed by atoms with Crippen LogP contribution in [-0.4, -0.2) is 25.9 Å². The molecule has 1 fully saturated rings. The zero-order chi connectivity index (χ0) is 12.7. The van der Waals surface area contributed by atoms with Gasteiger partial charge in [0.2, 0.25) is 0 Å². The zero-order valence-electron chi connectivity index (χ0n) is 11.4. The van der Waals surface area contributed by atoms with Crippen molar-refractivity contribution in [1.82, 2.24) is 0 Å². The van der Waals surface area contributed by atoms with Gasteiger partial charge < -0.3 is 10.5 Å². The number of rotatable bonds is 7. The molecule has 0 aromatic carbocycles. The highest BCUT2D eigenvalue weighted by atomic mass is 19.1. The van der Waals surface area contributed by atoms with Crippen molar-refractivity contribution in [2.24, 2.45) is 17.6 Å². The maximum Gasteiger partial charge on any atom is 0.137 e. The molecule has 1 unspecified atom stereocenters. The largest absolute Gasteiger partial charge is 0.381 e. The number of hydrogen-bond acceptors (Lipinski definition) is 2. The Bertz CT molecular complexity index is 204. The summed E-state index contributed by atoms with van der Waals surface area (Å²) in [4.78, 5) is 0. The van der Waals surface area contributed by atoms with Crippen LogP contribution in [0.1, 0.15) is 51.9 Å². The Balaban J connectivity index is 2.52. The van der Waals surface area contributed by atoms with Crippen LogP contribution in [-0.2, 0) is 4.74 Å². The molecule has 2 nitrogen and oxygen atoms in total. The van der Waals surface area contributed by atoms with Crippen molar-refractivity contribution in [3.63, 3.8) is 0 Å². The molecule has 1 aliphatic carbocycles. The van der Waals surface area contributed by atoms with Crippen molar-refractivity contribution in [2.75, 3.05) is 20.3 Å². The quantitative estimate of drug-likeness (QED) is 0.747. The van der Waals surface area contributed by atoms with Crippen molar-refractivity contribution < 1.29 is 9.13 Å². The Kier molecular flexibility index (Phi) is 6.42. The molecule has 0 saturated heterocycles. The topological polar surface area (TPSA) is 35.2 Å². The summed E-state index contributed by atoms with van der Waals surface area (Å²) < 4.78 is 20.0. The van der Waals surface area contributed by atoms with E-state index in [2.05, 4.69) is 6.92 Å². The van der Waals surface area contributed by atoms with Gasteiger partial charge in [0.1, 0.15) is 5.67 Å². The predicted octanol–water partition coefficient (Wildman–Crippen LogP) is 3.30. The average Bonchev–Trinajstić information content (AvgIpc) is 2.37. The molecule has 0 spiro atoms. The molecule has 0 bridgehead atoms. The molecule has 0 aromatic heterocycles. The van der Waals surface area contributed by atoms with E-state index in [4.69, 9.17) is 10.5 Å². The molecule has 0 radical (unpaired) electrons. The third-order valence-corrected chi connectivity index (χ3v) is 4.34. The van der Waals surface area contributed by atoms with Gasteiger partial charge in [-0.2, -0.15) is 0 Å². The third kappa shape index (κ3) is 4.22. The SMILES string of the molecule is CCC1CCC(C(F)(CCCN)COC)CC1. The summed E-state index contributed by atoms with van der Waals surface area (Å²) in [5.74, 6) is 0.990. The fourth-order valence-corrected chi connectivity index (χ4v) is 3.12. The first-order valence-electron chi connectivity index (χ1n) is 7.04. The Morgan fingerprint density at radius 1 is 1.29 bits per heavy atom. The van der Waals surface area contributed by atoms with Gasteiger partial charge in [0.15, 0.2) is 0 Å². The smallest absolute Gasteiger partial charge is 0.137 e. The summed E-state index contributed by atoms with van der Waals surface area (Å²) in [7, 11) is 1.59. The summed E-state index contributed by atoms with van der Waals surface area (Å²) in [6, 6.07) is 0. The predicted molar refractivity (Wildman–Crippen MR) is 69.7 cm³/mol. The second-order valence-corrected chi connectivity index (χ2v) is 5.49. The van der Waals surface area contributed by atoms with Crippen LogP contribution >= 0.6 is 0 Å². The molecule has 0 amide bonds. The second kappa shape index (κ2) is 7.32. The Morgan fingerprint density at radius 3 is 2.41 bits per heavy atom. The van der Waals surface area contributed by atoms with Crippen LogP contribution in [0.25, 0.3) is 0 Å². The number of halogens is 1. The first-order valence-corrected chi connectivity index (χ1v) is 7.04. The number of alkyl halides is 1. The molecular formula is C14H28FNO. The van der Waals surface area contributed by atoms with Gasteiger partial charge in [-0.25, -0.2) is 4.39 Å². The lowest BCUT2D eigenvalue weighted by atomic mass is 9.72. The molecule has 1 saturated carbocycles. The molecule has 0 heterocycles. The van der Waals surface area contributed by atoms with Crippen LogP contribution in [0, 0.1) is 11.8 Å². The molecule has 1 atom stereocenters. The lowest BCUT2D eigenvalue weighted by molar-refractivity contribution is -0.0296. The van der Waals surface area contributed by atoms with E-state index in [0.717, 1.165) is 25.2 Å². The summed E-state index contributed by atoms with van der Waals surface area (Å²) in [6.07, 6.45) is 6.94. The van der Waals surface area contributed by atoms with Gasteiger partial charge >= 0.3 is 0 Å². The van der Waals surface area contributed by atoms with Gasteiger partial charge in [-0.15, -0.1) is 0 Å². The molecule has 3 heteroatoms. The maximum atomic E-state index is 14.9. The lowest BCUT2D eigenvalue weighted by Crippen LogP contribution is -2.40. The lowest BCUT2D eigenvalue weighted by Gasteiger charge is -2.38. The first kappa shape index (κ1) is 14.9. The average molecular weight is 245 g/mol. The molecule has 2 N–H and O–H groups in total. The van der Waals surface area contributed by atoms with Crippen LogP contribution in [0.2, 0.25) is 0 Å². The molecule has 102 valence electrons. The van der Waals surface area contributed by atoms with E-state index in [9.17, 15) is 4.39 Å². The van der Waals surface area contributed by atoms with Crippen LogP contribution < -0.4 is 5.73 Å². The summed E-state index contributed by atoms with van der Waals surface area (Å²) in [5.41, 5.74) is 4.35. The van der Waals surface area contributed by atoms with Gasteiger partial charge in [-0.05, 0) is 44.1 Å². The minimum atomic E-state index is -1.15. The molecular weight excluding hydrogens is 217 g/mol. The van der Waals surface area contributed by atoms with Crippen molar-refractivity contribution >= 4 is 0 Å². The number of hydrogen-bond donors (Lipinski definition) is 1. The highest BCUT2D eigenvalue weighted by molar-refractivity contribution is 4.90. The van der Waals surface area contributed by atoms with Gasteiger partial charge in [-0.1, -0.05) is 26.2 Å². The van der Waals surface area contributed by atoms with Crippen molar-refractivity contribution in [3.8, 4) is 0 Å². The third-order valence-electron chi connectivity index (χ3n) is 4.34. The van der Waals surface area contributed by atoms with Crippen LogP contribution in [0.4, 0.5) is 4.39 Å². The number of ether oxygens (including phenoxy) is 1. The van der Waals surface area contributed by atoms with Crippen LogP contribution in [0.5, 0.6) is 0 Å². The van der Waals surface area contributed by atoms with Gasteiger partial charge in [-0.3, -0.25) is 0 Å². The summed E-state index contributed by atoms with van der Waals surface area (Å²) >= 11 is 0. The standard InChI is InChI=1S/C14H28FNO/c1-3-12-5-7-13(8-6-12)14(15,11-17-2)9-4-10-16/h12-13H,3-11,16H2,1-2H3. The van der Waals surface area contributed by atoms with Crippen LogP contribution in [0.3, 0.4) is 0 Å². The van der Waals surface area contributed by atoms with Crippen molar-refractivity contribution in [3.05, 3.63) is 0 Å². The van der Waals surface area contributed by atoms with Crippen LogP contribution in [0.15, 0.2) is 0 Å². The number of methoxy groups -OCH3 is 1. The molecule has 17 heavy (non-hydrogen) atoms. The van der Waals surface area contributed by atoms with Gasteiger partial charge in [0, 0.05) is 7.11 Å². The van der Waals surface area contributed by atoms with E-state index in [0.29, 0.717) is 13.0 Å². The first-order chi connectivity index (χ1) is 8.16. The highest BCUT2D eigenvalue weighted by Crippen LogP contribution is 2.41. The minimum Gasteiger partial charge on any atom is -0.381 e. The van der Waals surface area contributed by atoms with E-state index in [1.165, 1.54) is 19.3 Å².